The van der Waals surface area contributed by atoms with Gasteiger partial charge in [0.15, 0.2) is 0 Å². The second-order valence-electron chi connectivity index (χ2n) is 5.68. The fourth-order valence-corrected chi connectivity index (χ4v) is 2.57. The standard InChI is InChI=1S/C19H26N2/c1-21(2)19(18-13-7-4-8-14-18)16-20-15-9-12-17-10-5-3-6-11-17/h3-8,10-11,13-14,19-20H,9,12,15-16H2,1-2H3. The Hall–Kier alpha value is -1.64. The Labute approximate surface area is 128 Å². The molecule has 1 unspecified atom stereocenters. The molecule has 21 heavy (non-hydrogen) atoms. The molecule has 0 aliphatic carbocycles. The summed E-state index contributed by atoms with van der Waals surface area (Å²) in [6, 6.07) is 21.8. The molecule has 2 rings (SSSR count). The normalized spacial score (nSPS) is 12.5. The molecule has 0 fully saturated rings. The van der Waals surface area contributed by atoms with Crippen LogP contribution in [-0.2, 0) is 6.42 Å². The van der Waals surface area contributed by atoms with Crippen molar-refractivity contribution < 1.29 is 0 Å². The van der Waals surface area contributed by atoms with E-state index in [2.05, 4.69) is 85.0 Å². The molecule has 0 saturated carbocycles. The Morgan fingerprint density at radius 3 is 2.14 bits per heavy atom. The van der Waals surface area contributed by atoms with E-state index in [4.69, 9.17) is 0 Å². The van der Waals surface area contributed by atoms with Gasteiger partial charge in [-0.1, -0.05) is 60.7 Å². The first kappa shape index (κ1) is 15.7. The van der Waals surface area contributed by atoms with E-state index in [0.717, 1.165) is 19.5 Å². The first-order chi connectivity index (χ1) is 10.3. The summed E-state index contributed by atoms with van der Waals surface area (Å²) in [5.41, 5.74) is 2.80. The van der Waals surface area contributed by atoms with Gasteiger partial charge in [0.2, 0.25) is 0 Å². The van der Waals surface area contributed by atoms with Gasteiger partial charge in [0.25, 0.3) is 0 Å². The molecule has 2 aromatic rings. The minimum Gasteiger partial charge on any atom is -0.315 e. The molecule has 2 aromatic carbocycles. The molecule has 0 heterocycles. The largest absolute Gasteiger partial charge is 0.315 e. The van der Waals surface area contributed by atoms with E-state index in [1.165, 1.54) is 17.5 Å². The molecule has 0 bridgehead atoms. The molecule has 0 amide bonds. The summed E-state index contributed by atoms with van der Waals surface area (Å²) in [4.78, 5) is 2.28. The van der Waals surface area contributed by atoms with Gasteiger partial charge >= 0.3 is 0 Å². The van der Waals surface area contributed by atoms with Crippen molar-refractivity contribution in [3.63, 3.8) is 0 Å². The molecule has 2 nitrogen and oxygen atoms in total. The van der Waals surface area contributed by atoms with Gasteiger partial charge < -0.3 is 10.2 Å². The molecule has 0 aromatic heterocycles. The molecule has 1 atom stereocenters. The van der Waals surface area contributed by atoms with Crippen LogP contribution in [0.15, 0.2) is 60.7 Å². The number of nitrogens with one attached hydrogen (secondary N) is 1. The third kappa shape index (κ3) is 5.33. The molecule has 2 heteroatoms. The highest BCUT2D eigenvalue weighted by atomic mass is 15.1. The van der Waals surface area contributed by atoms with Crippen molar-refractivity contribution in [1.82, 2.24) is 10.2 Å². The summed E-state index contributed by atoms with van der Waals surface area (Å²) in [6.45, 7) is 2.05. The van der Waals surface area contributed by atoms with Crippen LogP contribution in [0.3, 0.4) is 0 Å². The average molecular weight is 282 g/mol. The van der Waals surface area contributed by atoms with Crippen LogP contribution >= 0.6 is 0 Å². The first-order valence-corrected chi connectivity index (χ1v) is 7.73. The van der Waals surface area contributed by atoms with Gasteiger partial charge in [0.05, 0.1) is 0 Å². The van der Waals surface area contributed by atoms with Gasteiger partial charge in [0.1, 0.15) is 0 Å². The lowest BCUT2D eigenvalue weighted by molar-refractivity contribution is 0.289. The Bertz CT molecular complexity index is 493. The number of aryl methyl sites for hydroxylation is 1. The zero-order valence-corrected chi connectivity index (χ0v) is 13.1. The van der Waals surface area contributed by atoms with Gasteiger partial charge in [-0.2, -0.15) is 0 Å². The van der Waals surface area contributed by atoms with Crippen LogP contribution in [0.25, 0.3) is 0 Å². The van der Waals surface area contributed by atoms with Gasteiger partial charge in [-0.3, -0.25) is 0 Å². The van der Waals surface area contributed by atoms with Crippen molar-refractivity contribution in [1.29, 1.82) is 0 Å². The lowest BCUT2D eigenvalue weighted by Crippen LogP contribution is -2.31. The Morgan fingerprint density at radius 2 is 1.52 bits per heavy atom. The summed E-state index contributed by atoms with van der Waals surface area (Å²) in [5.74, 6) is 0. The van der Waals surface area contributed by atoms with E-state index in [-0.39, 0.29) is 0 Å². The Kier molecular flexibility index (Phi) is 6.45. The zero-order chi connectivity index (χ0) is 14.9. The van der Waals surface area contributed by atoms with Gasteiger partial charge in [-0.15, -0.1) is 0 Å². The van der Waals surface area contributed by atoms with Crippen molar-refractivity contribution in [3.05, 3.63) is 71.8 Å². The first-order valence-electron chi connectivity index (χ1n) is 7.73. The molecule has 0 aliphatic rings. The lowest BCUT2D eigenvalue weighted by Gasteiger charge is -2.25. The third-order valence-corrected chi connectivity index (χ3v) is 3.81. The quantitative estimate of drug-likeness (QED) is 0.745. The monoisotopic (exact) mass is 282 g/mol. The smallest absolute Gasteiger partial charge is 0.0466 e. The number of rotatable bonds is 8. The van der Waals surface area contributed by atoms with E-state index in [1.54, 1.807) is 0 Å². The molecular formula is C19H26N2. The van der Waals surface area contributed by atoms with Crippen molar-refractivity contribution >= 4 is 0 Å². The molecule has 1 N–H and O–H groups in total. The fourth-order valence-electron chi connectivity index (χ4n) is 2.57. The molecule has 112 valence electrons. The zero-order valence-electron chi connectivity index (χ0n) is 13.1. The predicted molar refractivity (Wildman–Crippen MR) is 90.5 cm³/mol. The fraction of sp³-hybridized carbons (Fsp3) is 0.368. The molecular weight excluding hydrogens is 256 g/mol. The van der Waals surface area contributed by atoms with Crippen LogP contribution in [0.1, 0.15) is 23.6 Å². The number of benzene rings is 2. The van der Waals surface area contributed by atoms with Crippen LogP contribution in [0, 0.1) is 0 Å². The lowest BCUT2D eigenvalue weighted by atomic mass is 10.1. The van der Waals surface area contributed by atoms with E-state index < -0.39 is 0 Å². The SMILES string of the molecule is CN(C)C(CNCCCc1ccccc1)c1ccccc1. The van der Waals surface area contributed by atoms with E-state index in [9.17, 15) is 0 Å². The van der Waals surface area contributed by atoms with Crippen molar-refractivity contribution in [2.75, 3.05) is 27.2 Å². The highest BCUT2D eigenvalue weighted by molar-refractivity contribution is 5.19. The molecule has 0 aliphatic heterocycles. The number of likely N-dealkylation sites (N-methyl/N-ethyl adjacent to an activating group) is 1. The maximum Gasteiger partial charge on any atom is 0.0466 e. The van der Waals surface area contributed by atoms with Crippen LogP contribution < -0.4 is 5.32 Å². The Morgan fingerprint density at radius 1 is 0.905 bits per heavy atom. The summed E-state index contributed by atoms with van der Waals surface area (Å²) in [7, 11) is 4.28. The maximum absolute atomic E-state index is 3.59. The Balaban J connectivity index is 1.73. The minimum absolute atomic E-state index is 0.433. The van der Waals surface area contributed by atoms with Crippen molar-refractivity contribution in [2.24, 2.45) is 0 Å². The number of hydrogen-bond acceptors (Lipinski definition) is 2. The topological polar surface area (TPSA) is 15.3 Å². The second kappa shape index (κ2) is 8.60. The van der Waals surface area contributed by atoms with Crippen molar-refractivity contribution in [2.45, 2.75) is 18.9 Å². The van der Waals surface area contributed by atoms with Gasteiger partial charge in [0, 0.05) is 12.6 Å². The van der Waals surface area contributed by atoms with Gasteiger partial charge in [-0.05, 0) is 44.6 Å². The summed E-state index contributed by atoms with van der Waals surface area (Å²) >= 11 is 0. The van der Waals surface area contributed by atoms with Crippen LogP contribution in [0.2, 0.25) is 0 Å². The second-order valence-corrected chi connectivity index (χ2v) is 5.68. The van der Waals surface area contributed by atoms with E-state index in [1.807, 2.05) is 0 Å². The van der Waals surface area contributed by atoms with Crippen LogP contribution in [-0.4, -0.2) is 32.1 Å². The van der Waals surface area contributed by atoms with Crippen LogP contribution in [0.4, 0.5) is 0 Å². The van der Waals surface area contributed by atoms with E-state index >= 15 is 0 Å². The number of hydrogen-bond donors (Lipinski definition) is 1. The predicted octanol–water partition coefficient (Wildman–Crippen LogP) is 3.51. The highest BCUT2D eigenvalue weighted by Gasteiger charge is 2.12. The average Bonchev–Trinajstić information content (AvgIpc) is 2.52. The molecule has 0 spiro atoms. The number of nitrogens with zero attached hydrogens (tertiary/aromatic N) is 1. The van der Waals surface area contributed by atoms with Crippen molar-refractivity contribution in [3.8, 4) is 0 Å². The van der Waals surface area contributed by atoms with Gasteiger partial charge in [-0.25, -0.2) is 0 Å². The third-order valence-electron chi connectivity index (χ3n) is 3.81. The molecule has 0 saturated heterocycles. The highest BCUT2D eigenvalue weighted by Crippen LogP contribution is 2.16. The maximum atomic E-state index is 3.59. The summed E-state index contributed by atoms with van der Waals surface area (Å²) in [6.07, 6.45) is 2.32. The summed E-state index contributed by atoms with van der Waals surface area (Å²) in [5, 5.41) is 3.59. The molecule has 0 radical (unpaired) electrons. The van der Waals surface area contributed by atoms with E-state index in [0.29, 0.717) is 6.04 Å². The summed E-state index contributed by atoms with van der Waals surface area (Å²) < 4.78 is 0. The van der Waals surface area contributed by atoms with Crippen LogP contribution in [0.5, 0.6) is 0 Å². The minimum atomic E-state index is 0.433.